The molecule has 0 aromatic carbocycles. The van der Waals surface area contributed by atoms with Crippen LogP contribution in [0.3, 0.4) is 0 Å². The number of rotatable bonds is 4. The summed E-state index contributed by atoms with van der Waals surface area (Å²) in [6.45, 7) is 8.27. The van der Waals surface area contributed by atoms with Gasteiger partial charge < -0.3 is 25.0 Å². The van der Waals surface area contributed by atoms with E-state index in [2.05, 4.69) is 28.6 Å². The topological polar surface area (TPSA) is 120 Å². The molecular formula is C23H27N7O3. The zero-order valence-corrected chi connectivity index (χ0v) is 18.8. The minimum absolute atomic E-state index is 0.160. The van der Waals surface area contributed by atoms with Gasteiger partial charge >= 0.3 is 0 Å². The molecule has 2 saturated heterocycles. The summed E-state index contributed by atoms with van der Waals surface area (Å²) in [7, 11) is 0. The molecular weight excluding hydrogens is 422 g/mol. The predicted octanol–water partition coefficient (Wildman–Crippen LogP) is 1.64. The van der Waals surface area contributed by atoms with Crippen LogP contribution in [-0.2, 0) is 9.47 Å². The van der Waals surface area contributed by atoms with Crippen LogP contribution in [0.25, 0.3) is 22.3 Å². The first-order valence-corrected chi connectivity index (χ1v) is 11.1. The fourth-order valence-corrected chi connectivity index (χ4v) is 4.28. The fourth-order valence-electron chi connectivity index (χ4n) is 4.28. The maximum Gasteiger partial charge on any atom is 0.267 e. The Bertz CT molecular complexity index is 1190. The number of primary amides is 1. The monoisotopic (exact) mass is 449 g/mol. The van der Waals surface area contributed by atoms with Crippen molar-refractivity contribution in [2.45, 2.75) is 25.9 Å². The second-order valence-corrected chi connectivity index (χ2v) is 8.44. The van der Waals surface area contributed by atoms with Gasteiger partial charge in [-0.15, -0.1) is 0 Å². The van der Waals surface area contributed by atoms with E-state index in [1.54, 1.807) is 18.3 Å². The molecule has 2 aliphatic heterocycles. The molecule has 2 atom stereocenters. The molecule has 0 radical (unpaired) electrons. The minimum Gasteiger partial charge on any atom is -0.377 e. The van der Waals surface area contributed by atoms with Gasteiger partial charge in [-0.1, -0.05) is 0 Å². The van der Waals surface area contributed by atoms with E-state index in [4.69, 9.17) is 30.2 Å². The number of anilines is 2. The van der Waals surface area contributed by atoms with Crippen molar-refractivity contribution >= 4 is 28.7 Å². The molecule has 0 unspecified atom stereocenters. The second-order valence-electron chi connectivity index (χ2n) is 8.44. The third-order valence-electron chi connectivity index (χ3n) is 6.10. The van der Waals surface area contributed by atoms with Crippen LogP contribution in [0.4, 0.5) is 11.8 Å². The Morgan fingerprint density at radius 3 is 2.42 bits per heavy atom. The van der Waals surface area contributed by atoms with Gasteiger partial charge in [-0.2, -0.15) is 9.97 Å². The van der Waals surface area contributed by atoms with Crippen LogP contribution < -0.4 is 15.5 Å². The largest absolute Gasteiger partial charge is 0.377 e. The third kappa shape index (κ3) is 4.19. The van der Waals surface area contributed by atoms with E-state index in [0.29, 0.717) is 43.7 Å². The zero-order chi connectivity index (χ0) is 22.9. The van der Waals surface area contributed by atoms with Gasteiger partial charge in [0.15, 0.2) is 5.65 Å². The van der Waals surface area contributed by atoms with Crippen LogP contribution in [0.2, 0.25) is 0 Å². The quantitative estimate of drug-likeness (QED) is 0.634. The van der Waals surface area contributed by atoms with Gasteiger partial charge in [0.05, 0.1) is 49.6 Å². The summed E-state index contributed by atoms with van der Waals surface area (Å²) in [6, 6.07) is 7.70. The van der Waals surface area contributed by atoms with Crippen molar-refractivity contribution in [3.63, 3.8) is 0 Å². The Kier molecular flexibility index (Phi) is 5.77. The number of ether oxygens (including phenoxy) is 2. The highest BCUT2D eigenvalue weighted by atomic mass is 16.5. The molecule has 10 nitrogen and oxygen atoms in total. The van der Waals surface area contributed by atoms with Crippen LogP contribution in [0, 0.1) is 0 Å². The highest BCUT2D eigenvalue weighted by Gasteiger charge is 2.27. The van der Waals surface area contributed by atoms with E-state index in [-0.39, 0.29) is 17.8 Å². The van der Waals surface area contributed by atoms with Crippen LogP contribution in [0.15, 0.2) is 30.5 Å². The van der Waals surface area contributed by atoms with Crippen LogP contribution in [0.5, 0.6) is 0 Å². The van der Waals surface area contributed by atoms with Gasteiger partial charge in [0.25, 0.3) is 5.91 Å². The number of nitrogens with zero attached hydrogens (tertiary/aromatic N) is 6. The van der Waals surface area contributed by atoms with Crippen molar-refractivity contribution in [1.82, 2.24) is 19.9 Å². The number of fused-ring (bicyclic) bond motifs is 1. The van der Waals surface area contributed by atoms with Crippen molar-refractivity contribution in [3.05, 3.63) is 36.2 Å². The van der Waals surface area contributed by atoms with Crippen molar-refractivity contribution in [2.24, 2.45) is 5.73 Å². The molecule has 2 N–H and O–H groups in total. The summed E-state index contributed by atoms with van der Waals surface area (Å²) in [6.07, 6.45) is 1.56. The maximum absolute atomic E-state index is 11.6. The van der Waals surface area contributed by atoms with E-state index in [0.717, 1.165) is 29.9 Å². The summed E-state index contributed by atoms with van der Waals surface area (Å²) in [5.74, 6) is 0.924. The van der Waals surface area contributed by atoms with E-state index in [1.807, 2.05) is 12.1 Å². The summed E-state index contributed by atoms with van der Waals surface area (Å²) < 4.78 is 11.3. The van der Waals surface area contributed by atoms with Gasteiger partial charge in [-0.05, 0) is 38.1 Å². The number of pyridine rings is 2. The van der Waals surface area contributed by atoms with Gasteiger partial charge in [-0.25, -0.2) is 4.98 Å². The van der Waals surface area contributed by atoms with Crippen LogP contribution in [0.1, 0.15) is 24.3 Å². The summed E-state index contributed by atoms with van der Waals surface area (Å²) >= 11 is 0. The normalized spacial score (nSPS) is 21.4. The Labute approximate surface area is 191 Å². The number of hydrogen-bond donors (Lipinski definition) is 1. The number of carbonyl (C=O) groups excluding carboxylic acids is 1. The molecule has 0 aliphatic carbocycles. The molecule has 10 heteroatoms. The summed E-state index contributed by atoms with van der Waals surface area (Å²) in [5.41, 5.74) is 7.64. The third-order valence-corrected chi connectivity index (χ3v) is 6.10. The first-order chi connectivity index (χ1) is 16.0. The van der Waals surface area contributed by atoms with Gasteiger partial charge in [0, 0.05) is 24.8 Å². The molecule has 2 aliphatic rings. The summed E-state index contributed by atoms with van der Waals surface area (Å²) in [5, 5.41) is 0.876. The van der Waals surface area contributed by atoms with Crippen molar-refractivity contribution in [3.8, 4) is 11.3 Å². The van der Waals surface area contributed by atoms with Crippen molar-refractivity contribution < 1.29 is 14.3 Å². The number of amides is 1. The molecule has 0 spiro atoms. The summed E-state index contributed by atoms with van der Waals surface area (Å²) in [4.78, 5) is 34.8. The lowest BCUT2D eigenvalue weighted by atomic mass is 10.1. The molecule has 2 fully saturated rings. The molecule has 3 aromatic heterocycles. The average Bonchev–Trinajstić information content (AvgIpc) is 2.84. The first kappa shape index (κ1) is 21.5. The molecule has 0 bridgehead atoms. The maximum atomic E-state index is 11.6. The molecule has 0 saturated carbocycles. The molecule has 1 amide bonds. The number of aromatic nitrogens is 4. The lowest BCUT2D eigenvalue weighted by molar-refractivity contribution is 0.0973. The minimum atomic E-state index is -0.577. The first-order valence-electron chi connectivity index (χ1n) is 11.1. The molecule has 33 heavy (non-hydrogen) atoms. The Morgan fingerprint density at radius 2 is 1.73 bits per heavy atom. The van der Waals surface area contributed by atoms with Crippen LogP contribution in [-0.4, -0.2) is 77.4 Å². The highest BCUT2D eigenvalue weighted by Crippen LogP contribution is 2.31. The second kappa shape index (κ2) is 8.87. The van der Waals surface area contributed by atoms with Gasteiger partial charge in [-0.3, -0.25) is 9.78 Å². The Hall–Kier alpha value is -3.37. The predicted molar refractivity (Wildman–Crippen MR) is 124 cm³/mol. The van der Waals surface area contributed by atoms with Gasteiger partial charge in [0.1, 0.15) is 11.5 Å². The lowest BCUT2D eigenvalue weighted by Crippen LogP contribution is -2.46. The lowest BCUT2D eigenvalue weighted by Gasteiger charge is -2.37. The van der Waals surface area contributed by atoms with Gasteiger partial charge in [0.2, 0.25) is 5.95 Å². The van der Waals surface area contributed by atoms with E-state index in [1.165, 1.54) is 0 Å². The van der Waals surface area contributed by atoms with E-state index >= 15 is 0 Å². The number of carbonyl (C=O) groups is 1. The fraction of sp³-hybridized carbons (Fsp3) is 0.435. The molecule has 172 valence electrons. The molecule has 3 aromatic rings. The number of nitrogens with two attached hydrogens (primary N) is 1. The Morgan fingerprint density at radius 1 is 1.00 bits per heavy atom. The average molecular weight is 450 g/mol. The SMILES string of the molecule is C[C@H]1COCCN1c1nc(N2CCOC[C@@H]2C)c2ccc(-c3ccnc(C(N)=O)c3)nc2n1. The number of hydrogen-bond acceptors (Lipinski definition) is 9. The van der Waals surface area contributed by atoms with Crippen LogP contribution >= 0.6 is 0 Å². The standard InChI is InChI=1S/C23H27N7O3/c1-14-12-32-9-7-29(14)22-17-3-4-18(16-5-6-25-19(11-16)20(24)31)26-21(17)27-23(28-22)30-8-10-33-13-15(30)2/h3-6,11,14-15H,7-10,12-13H2,1-2H3,(H2,24,31)/t14-,15-/m0/s1. The number of morpholine rings is 2. The highest BCUT2D eigenvalue weighted by molar-refractivity contribution is 5.93. The van der Waals surface area contributed by atoms with Crippen molar-refractivity contribution in [2.75, 3.05) is 49.3 Å². The van der Waals surface area contributed by atoms with Crippen molar-refractivity contribution in [1.29, 1.82) is 0 Å². The van der Waals surface area contributed by atoms with E-state index < -0.39 is 5.91 Å². The Balaban J connectivity index is 1.65. The molecule has 5 rings (SSSR count). The molecule has 5 heterocycles. The smallest absolute Gasteiger partial charge is 0.267 e. The zero-order valence-electron chi connectivity index (χ0n) is 18.8. The van der Waals surface area contributed by atoms with E-state index in [9.17, 15) is 4.79 Å².